The zero-order valence-electron chi connectivity index (χ0n) is 17.1. The topological polar surface area (TPSA) is 114 Å². The SMILES string of the molecule is CN(C(=O)/C(N)=C/N(N)CC1OCC2(CC2)CO1)c1ccc(C#CC2CC2)cc1O. The number of carbonyl (C=O) groups is 1. The Morgan fingerprint density at radius 1 is 1.33 bits per heavy atom. The van der Waals surface area contributed by atoms with Gasteiger partial charge < -0.3 is 30.2 Å². The highest BCUT2D eigenvalue weighted by Crippen LogP contribution is 2.48. The van der Waals surface area contributed by atoms with Crippen LogP contribution < -0.4 is 16.5 Å². The van der Waals surface area contributed by atoms with Gasteiger partial charge in [0.25, 0.3) is 5.91 Å². The molecule has 0 atom stereocenters. The van der Waals surface area contributed by atoms with Crippen LogP contribution in [0.15, 0.2) is 30.1 Å². The predicted octanol–water partition coefficient (Wildman–Crippen LogP) is 1.25. The van der Waals surface area contributed by atoms with E-state index in [0.717, 1.165) is 25.7 Å². The Morgan fingerprint density at radius 3 is 2.63 bits per heavy atom. The number of nitrogens with two attached hydrogens (primary N) is 2. The van der Waals surface area contributed by atoms with Gasteiger partial charge in [0.15, 0.2) is 6.29 Å². The van der Waals surface area contributed by atoms with Gasteiger partial charge in [-0.05, 0) is 43.9 Å². The number of benzene rings is 1. The van der Waals surface area contributed by atoms with Crippen molar-refractivity contribution in [2.24, 2.45) is 22.9 Å². The normalized spacial score (nSPS) is 20.4. The molecular weight excluding hydrogens is 384 g/mol. The lowest BCUT2D eigenvalue weighted by Crippen LogP contribution is -2.43. The summed E-state index contributed by atoms with van der Waals surface area (Å²) in [5.41, 5.74) is 7.14. The third kappa shape index (κ3) is 4.87. The van der Waals surface area contributed by atoms with E-state index in [2.05, 4.69) is 11.8 Å². The van der Waals surface area contributed by atoms with Gasteiger partial charge in [0.2, 0.25) is 0 Å². The van der Waals surface area contributed by atoms with Gasteiger partial charge in [0.05, 0.1) is 25.4 Å². The number of hydrogen-bond donors (Lipinski definition) is 3. The molecule has 1 heterocycles. The van der Waals surface area contributed by atoms with Crippen LogP contribution in [-0.2, 0) is 14.3 Å². The maximum atomic E-state index is 12.7. The van der Waals surface area contributed by atoms with Crippen LogP contribution in [0.1, 0.15) is 31.2 Å². The molecule has 0 unspecified atom stereocenters. The quantitative estimate of drug-likeness (QED) is 0.289. The molecule has 1 saturated heterocycles. The molecule has 8 nitrogen and oxygen atoms in total. The van der Waals surface area contributed by atoms with Gasteiger partial charge in [-0.2, -0.15) is 0 Å². The fourth-order valence-electron chi connectivity index (χ4n) is 3.26. The van der Waals surface area contributed by atoms with Crippen molar-refractivity contribution < 1.29 is 19.4 Å². The van der Waals surface area contributed by atoms with Crippen molar-refractivity contribution in [2.75, 3.05) is 31.7 Å². The fourth-order valence-corrected chi connectivity index (χ4v) is 3.26. The van der Waals surface area contributed by atoms with E-state index in [1.165, 1.54) is 23.2 Å². The van der Waals surface area contributed by atoms with Crippen LogP contribution in [0, 0.1) is 23.2 Å². The van der Waals surface area contributed by atoms with E-state index >= 15 is 0 Å². The number of amides is 1. The summed E-state index contributed by atoms with van der Waals surface area (Å²) >= 11 is 0. The first-order chi connectivity index (χ1) is 14.3. The lowest BCUT2D eigenvalue weighted by atomic mass is 10.1. The molecule has 5 N–H and O–H groups in total. The van der Waals surface area contributed by atoms with Crippen LogP contribution in [0.4, 0.5) is 5.69 Å². The molecule has 0 bridgehead atoms. The third-order valence-electron chi connectivity index (χ3n) is 5.66. The van der Waals surface area contributed by atoms with Gasteiger partial charge in [-0.25, -0.2) is 5.84 Å². The summed E-state index contributed by atoms with van der Waals surface area (Å²) in [4.78, 5) is 13.9. The number of carbonyl (C=O) groups excluding carboxylic acids is 1. The predicted molar refractivity (Wildman–Crippen MR) is 112 cm³/mol. The molecule has 1 amide bonds. The Morgan fingerprint density at radius 2 is 2.03 bits per heavy atom. The zero-order valence-corrected chi connectivity index (χ0v) is 17.1. The minimum atomic E-state index is -0.486. The van der Waals surface area contributed by atoms with Crippen molar-refractivity contribution in [1.29, 1.82) is 0 Å². The smallest absolute Gasteiger partial charge is 0.275 e. The number of hydrazine groups is 1. The molecule has 3 fully saturated rings. The fraction of sp³-hybridized carbons (Fsp3) is 0.500. The Labute approximate surface area is 176 Å². The maximum absolute atomic E-state index is 12.7. The largest absolute Gasteiger partial charge is 0.506 e. The number of anilines is 1. The molecule has 0 radical (unpaired) electrons. The Bertz CT molecular complexity index is 901. The third-order valence-corrected chi connectivity index (χ3v) is 5.66. The summed E-state index contributed by atoms with van der Waals surface area (Å²) in [7, 11) is 1.54. The summed E-state index contributed by atoms with van der Waals surface area (Å²) in [6, 6.07) is 4.97. The molecule has 3 aliphatic rings. The first-order valence-corrected chi connectivity index (χ1v) is 10.2. The highest BCUT2D eigenvalue weighted by atomic mass is 16.7. The highest BCUT2D eigenvalue weighted by Gasteiger charge is 2.47. The van der Waals surface area contributed by atoms with E-state index in [0.29, 0.717) is 30.4 Å². The monoisotopic (exact) mass is 412 g/mol. The van der Waals surface area contributed by atoms with Crippen molar-refractivity contribution in [3.8, 4) is 17.6 Å². The maximum Gasteiger partial charge on any atom is 0.275 e. The Hall–Kier alpha value is -2.73. The van der Waals surface area contributed by atoms with Crippen LogP contribution in [0.25, 0.3) is 0 Å². The van der Waals surface area contributed by atoms with Crippen LogP contribution in [0.5, 0.6) is 5.75 Å². The van der Waals surface area contributed by atoms with Crippen molar-refractivity contribution >= 4 is 11.6 Å². The van der Waals surface area contributed by atoms with Gasteiger partial charge in [-0.1, -0.05) is 11.8 Å². The molecular formula is C22H28N4O4. The molecule has 2 saturated carbocycles. The number of ether oxygens (including phenoxy) is 2. The molecule has 1 aromatic rings. The first-order valence-electron chi connectivity index (χ1n) is 10.2. The van der Waals surface area contributed by atoms with Crippen molar-refractivity contribution in [1.82, 2.24) is 5.01 Å². The van der Waals surface area contributed by atoms with Crippen molar-refractivity contribution in [2.45, 2.75) is 32.0 Å². The number of nitrogens with zero attached hydrogens (tertiary/aromatic N) is 2. The average Bonchev–Trinajstić information content (AvgIpc) is 3.65. The van der Waals surface area contributed by atoms with E-state index in [4.69, 9.17) is 21.1 Å². The number of aromatic hydroxyl groups is 1. The van der Waals surface area contributed by atoms with E-state index < -0.39 is 12.2 Å². The minimum absolute atomic E-state index is 0.0381. The molecule has 4 rings (SSSR count). The molecule has 160 valence electrons. The lowest BCUT2D eigenvalue weighted by molar-refractivity contribution is -0.211. The van der Waals surface area contributed by atoms with Gasteiger partial charge in [0.1, 0.15) is 11.4 Å². The summed E-state index contributed by atoms with van der Waals surface area (Å²) in [6.07, 6.45) is 5.45. The molecule has 1 aliphatic heterocycles. The zero-order chi connectivity index (χ0) is 21.3. The number of phenols is 1. The molecule has 1 aromatic carbocycles. The first kappa shape index (κ1) is 20.5. The molecule has 30 heavy (non-hydrogen) atoms. The van der Waals surface area contributed by atoms with E-state index in [1.54, 1.807) is 18.2 Å². The van der Waals surface area contributed by atoms with Crippen molar-refractivity contribution in [3.05, 3.63) is 35.7 Å². The van der Waals surface area contributed by atoms with Crippen LogP contribution in [-0.4, -0.2) is 49.1 Å². The number of rotatable bonds is 5. The van der Waals surface area contributed by atoms with E-state index in [1.807, 2.05) is 0 Å². The lowest BCUT2D eigenvalue weighted by Gasteiger charge is -2.31. The number of phenolic OH excluding ortho intramolecular Hbond substituents is 1. The Balaban J connectivity index is 1.34. The standard InChI is InChI=1S/C22H28N4O4/c1-25(18-7-6-16(10-19(18)27)5-4-15-2-3-15)21(28)17(23)11-26(24)12-20-29-13-22(8-9-22)14-30-20/h6-7,10-11,15,20,27H,2-3,8-9,12-14,23-24H2,1H3/b17-11-. The van der Waals surface area contributed by atoms with Gasteiger partial charge in [0, 0.05) is 30.1 Å². The second kappa shape index (κ2) is 8.19. The van der Waals surface area contributed by atoms with Gasteiger partial charge in [-0.3, -0.25) is 4.79 Å². The van der Waals surface area contributed by atoms with Crippen LogP contribution in [0.3, 0.4) is 0 Å². The second-order valence-corrected chi connectivity index (χ2v) is 8.44. The van der Waals surface area contributed by atoms with Crippen molar-refractivity contribution in [3.63, 3.8) is 0 Å². The summed E-state index contributed by atoms with van der Waals surface area (Å²) < 4.78 is 11.4. The summed E-state index contributed by atoms with van der Waals surface area (Å²) in [5, 5.41) is 11.6. The average molecular weight is 412 g/mol. The molecule has 8 heteroatoms. The molecule has 2 aliphatic carbocycles. The van der Waals surface area contributed by atoms with Gasteiger partial charge in [-0.15, -0.1) is 0 Å². The van der Waals surface area contributed by atoms with Gasteiger partial charge >= 0.3 is 0 Å². The minimum Gasteiger partial charge on any atom is -0.506 e. The molecule has 0 aromatic heterocycles. The van der Waals surface area contributed by atoms with E-state index in [-0.39, 0.29) is 23.4 Å². The van der Waals surface area contributed by atoms with Crippen LogP contribution >= 0.6 is 0 Å². The number of hydrogen-bond acceptors (Lipinski definition) is 7. The Kier molecular flexibility index (Phi) is 5.60. The van der Waals surface area contributed by atoms with E-state index in [9.17, 15) is 9.90 Å². The highest BCUT2D eigenvalue weighted by molar-refractivity contribution is 6.05. The number of likely N-dealkylation sites (N-methyl/N-ethyl adjacent to an activating group) is 1. The second-order valence-electron chi connectivity index (χ2n) is 8.44. The summed E-state index contributed by atoms with van der Waals surface area (Å²) in [5.74, 6) is 12.1. The van der Waals surface area contributed by atoms with Crippen LogP contribution in [0.2, 0.25) is 0 Å². The summed E-state index contributed by atoms with van der Waals surface area (Å²) in [6.45, 7) is 1.60. The molecule has 1 spiro atoms.